The molecule has 0 fully saturated rings. The Kier molecular flexibility index (Phi) is 3.91. The fourth-order valence-corrected chi connectivity index (χ4v) is 2.50. The molecule has 1 unspecified atom stereocenters. The zero-order valence-corrected chi connectivity index (χ0v) is 12.2. The molecule has 1 atom stereocenters. The van der Waals surface area contributed by atoms with Gasteiger partial charge in [0, 0.05) is 15.9 Å². The summed E-state index contributed by atoms with van der Waals surface area (Å²) in [6.07, 6.45) is 0. The molecule has 4 nitrogen and oxygen atoms in total. The number of aromatic nitrogens is 1. The summed E-state index contributed by atoms with van der Waals surface area (Å²) in [5.74, 6) is -0.872. The van der Waals surface area contributed by atoms with Crippen molar-refractivity contribution in [1.82, 2.24) is 4.98 Å². The normalized spacial score (nSPS) is 12.0. The largest absolute Gasteiger partial charge is 0.244 e. The van der Waals surface area contributed by atoms with Crippen LogP contribution in [0.25, 0.3) is 32.6 Å². The quantitative estimate of drug-likeness (QED) is 0.355. The topological polar surface area (TPSA) is 61.7 Å². The minimum absolute atomic E-state index is 0.198. The van der Waals surface area contributed by atoms with Crippen LogP contribution < -0.4 is 0 Å². The van der Waals surface area contributed by atoms with Crippen molar-refractivity contribution >= 4 is 10.9 Å². The third-order valence-electron chi connectivity index (χ3n) is 3.60. The SMILES string of the molecule is CC(N=[N+]=[N-])c1cc2cccc(F)c2nc1-c1cccc(F)c1. The minimum Gasteiger partial charge on any atom is -0.244 e. The van der Waals surface area contributed by atoms with E-state index in [2.05, 4.69) is 15.0 Å². The Morgan fingerprint density at radius 2 is 1.91 bits per heavy atom. The summed E-state index contributed by atoms with van der Waals surface area (Å²) in [6.45, 7) is 1.71. The van der Waals surface area contributed by atoms with Crippen LogP contribution in [0.15, 0.2) is 53.6 Å². The van der Waals surface area contributed by atoms with Gasteiger partial charge in [-0.2, -0.15) is 0 Å². The molecule has 0 spiro atoms. The van der Waals surface area contributed by atoms with Crippen LogP contribution in [0.5, 0.6) is 0 Å². The lowest BCUT2D eigenvalue weighted by Crippen LogP contribution is -1.99. The van der Waals surface area contributed by atoms with Crippen molar-refractivity contribution in [2.24, 2.45) is 5.11 Å². The van der Waals surface area contributed by atoms with Gasteiger partial charge in [-0.3, -0.25) is 0 Å². The number of nitrogens with zero attached hydrogens (tertiary/aromatic N) is 4. The van der Waals surface area contributed by atoms with E-state index in [1.54, 1.807) is 37.3 Å². The van der Waals surface area contributed by atoms with Crippen LogP contribution in [0.2, 0.25) is 0 Å². The predicted molar refractivity (Wildman–Crippen MR) is 84.7 cm³/mol. The molecule has 1 heterocycles. The second-order valence-electron chi connectivity index (χ2n) is 5.13. The van der Waals surface area contributed by atoms with Crippen LogP contribution in [0.3, 0.4) is 0 Å². The van der Waals surface area contributed by atoms with Crippen molar-refractivity contribution < 1.29 is 8.78 Å². The lowest BCUT2D eigenvalue weighted by atomic mass is 9.99. The first-order valence-electron chi connectivity index (χ1n) is 6.99. The second kappa shape index (κ2) is 6.02. The molecule has 0 saturated carbocycles. The van der Waals surface area contributed by atoms with E-state index in [9.17, 15) is 8.78 Å². The van der Waals surface area contributed by atoms with Gasteiger partial charge in [0.2, 0.25) is 0 Å². The highest BCUT2D eigenvalue weighted by atomic mass is 19.1. The summed E-state index contributed by atoms with van der Waals surface area (Å²) in [7, 11) is 0. The molecule has 23 heavy (non-hydrogen) atoms. The van der Waals surface area contributed by atoms with Gasteiger partial charge >= 0.3 is 0 Å². The van der Waals surface area contributed by atoms with Crippen molar-refractivity contribution in [3.63, 3.8) is 0 Å². The van der Waals surface area contributed by atoms with Crippen molar-refractivity contribution in [1.29, 1.82) is 0 Å². The fourth-order valence-electron chi connectivity index (χ4n) is 2.50. The predicted octanol–water partition coefficient (Wildman–Crippen LogP) is 5.55. The molecule has 0 saturated heterocycles. The maximum atomic E-state index is 14.0. The van der Waals surface area contributed by atoms with E-state index >= 15 is 0 Å². The van der Waals surface area contributed by atoms with Crippen LogP contribution >= 0.6 is 0 Å². The van der Waals surface area contributed by atoms with E-state index in [1.165, 1.54) is 18.2 Å². The Bertz CT molecular complexity index is 933. The van der Waals surface area contributed by atoms with E-state index in [4.69, 9.17) is 5.53 Å². The van der Waals surface area contributed by atoms with Crippen LogP contribution in [-0.4, -0.2) is 4.98 Å². The van der Waals surface area contributed by atoms with Gasteiger partial charge < -0.3 is 0 Å². The van der Waals surface area contributed by atoms with E-state index in [1.807, 2.05) is 0 Å². The molecule has 3 aromatic rings. The van der Waals surface area contributed by atoms with Crippen molar-refractivity contribution in [3.05, 3.63) is 76.2 Å². The summed E-state index contributed by atoms with van der Waals surface area (Å²) < 4.78 is 27.6. The number of fused-ring (bicyclic) bond motifs is 1. The Labute approximate surface area is 131 Å². The van der Waals surface area contributed by atoms with Gasteiger partial charge in [-0.15, -0.1) is 0 Å². The molecular formula is C17H12F2N4. The monoisotopic (exact) mass is 310 g/mol. The molecule has 0 amide bonds. The van der Waals surface area contributed by atoms with Crippen molar-refractivity contribution in [2.45, 2.75) is 13.0 Å². The van der Waals surface area contributed by atoms with Crippen molar-refractivity contribution in [3.8, 4) is 11.3 Å². The van der Waals surface area contributed by atoms with Gasteiger partial charge in [0.15, 0.2) is 0 Å². The van der Waals surface area contributed by atoms with Gasteiger partial charge in [0.25, 0.3) is 0 Å². The van der Waals surface area contributed by atoms with E-state index in [0.717, 1.165) is 0 Å². The lowest BCUT2D eigenvalue weighted by Gasteiger charge is -2.14. The zero-order chi connectivity index (χ0) is 16.4. The van der Waals surface area contributed by atoms with E-state index in [0.29, 0.717) is 22.2 Å². The molecule has 2 aromatic carbocycles. The highest BCUT2D eigenvalue weighted by Gasteiger charge is 2.16. The molecule has 1 aromatic heterocycles. The third-order valence-corrected chi connectivity index (χ3v) is 3.60. The third kappa shape index (κ3) is 2.84. The van der Waals surface area contributed by atoms with Crippen LogP contribution in [0, 0.1) is 11.6 Å². The van der Waals surface area contributed by atoms with Gasteiger partial charge in [-0.05, 0) is 35.4 Å². The fraction of sp³-hybridized carbons (Fsp3) is 0.118. The molecule has 114 valence electrons. The summed E-state index contributed by atoms with van der Waals surface area (Å²) in [4.78, 5) is 7.18. The molecule has 0 N–H and O–H groups in total. The number of hydrogen-bond donors (Lipinski definition) is 0. The van der Waals surface area contributed by atoms with Gasteiger partial charge in [0.1, 0.15) is 17.2 Å². The maximum absolute atomic E-state index is 14.0. The molecule has 6 heteroatoms. The van der Waals surface area contributed by atoms with Crippen LogP contribution in [0.1, 0.15) is 18.5 Å². The first-order chi connectivity index (χ1) is 11.1. The van der Waals surface area contributed by atoms with Gasteiger partial charge in [0.05, 0.1) is 11.7 Å². The number of halogens is 2. The van der Waals surface area contributed by atoms with Crippen LogP contribution in [0.4, 0.5) is 8.78 Å². The number of benzene rings is 2. The van der Waals surface area contributed by atoms with Crippen LogP contribution in [-0.2, 0) is 0 Å². The first kappa shape index (κ1) is 14.9. The standard InChI is InChI=1S/C17H12F2N4/c1-10(22-23-20)14-9-12-5-3-7-15(19)17(12)21-16(14)11-4-2-6-13(18)8-11/h2-10H,1H3. The number of pyridine rings is 1. The molecule has 0 aliphatic rings. The average molecular weight is 310 g/mol. The maximum Gasteiger partial charge on any atom is 0.149 e. The van der Waals surface area contributed by atoms with Gasteiger partial charge in [-0.1, -0.05) is 36.3 Å². The molecule has 0 aliphatic carbocycles. The zero-order valence-electron chi connectivity index (χ0n) is 12.2. The number of rotatable bonds is 3. The minimum atomic E-state index is -0.515. The Hall–Kier alpha value is -2.98. The molecule has 0 bridgehead atoms. The Morgan fingerprint density at radius 3 is 2.65 bits per heavy atom. The Balaban J connectivity index is 2.34. The molecule has 0 radical (unpaired) electrons. The number of hydrogen-bond acceptors (Lipinski definition) is 2. The highest BCUT2D eigenvalue weighted by molar-refractivity contribution is 5.84. The van der Waals surface area contributed by atoms with E-state index < -0.39 is 17.7 Å². The first-order valence-corrected chi connectivity index (χ1v) is 6.99. The Morgan fingerprint density at radius 1 is 1.13 bits per heavy atom. The smallest absolute Gasteiger partial charge is 0.149 e. The summed E-state index contributed by atoms with van der Waals surface area (Å²) in [5, 5.41) is 4.28. The molecule has 0 aliphatic heterocycles. The van der Waals surface area contributed by atoms with Crippen molar-refractivity contribution in [2.75, 3.05) is 0 Å². The summed E-state index contributed by atoms with van der Waals surface area (Å²) >= 11 is 0. The number of para-hydroxylation sites is 1. The second-order valence-corrected chi connectivity index (χ2v) is 5.13. The van der Waals surface area contributed by atoms with Gasteiger partial charge in [-0.25, -0.2) is 13.8 Å². The molecule has 3 rings (SSSR count). The highest BCUT2D eigenvalue weighted by Crippen LogP contribution is 2.32. The molecular weight excluding hydrogens is 298 g/mol. The lowest BCUT2D eigenvalue weighted by molar-refractivity contribution is 0.628. The summed E-state index contributed by atoms with van der Waals surface area (Å²) in [5.41, 5.74) is 10.4. The van der Waals surface area contributed by atoms with E-state index in [-0.39, 0.29) is 5.52 Å². The average Bonchev–Trinajstić information content (AvgIpc) is 2.54. The number of azide groups is 1. The summed E-state index contributed by atoms with van der Waals surface area (Å²) in [6, 6.07) is 11.7.